The molecule has 0 bridgehead atoms. The van der Waals surface area contributed by atoms with Gasteiger partial charge in [0.25, 0.3) is 5.91 Å². The number of aromatic nitrogens is 2. The van der Waals surface area contributed by atoms with Crippen LogP contribution in [-0.2, 0) is 12.8 Å². The Bertz CT molecular complexity index is 1310. The van der Waals surface area contributed by atoms with E-state index in [-0.39, 0.29) is 11.4 Å². The molecule has 1 amide bonds. The van der Waals surface area contributed by atoms with Crippen LogP contribution in [0.15, 0.2) is 48.3 Å². The molecule has 0 saturated carbocycles. The smallest absolute Gasteiger partial charge is 0.270 e. The summed E-state index contributed by atoms with van der Waals surface area (Å²) < 4.78 is 0. The van der Waals surface area contributed by atoms with Crippen LogP contribution in [0.4, 0.5) is 0 Å². The number of benzene rings is 1. The van der Waals surface area contributed by atoms with Gasteiger partial charge in [-0.2, -0.15) is 0 Å². The van der Waals surface area contributed by atoms with Crippen molar-refractivity contribution in [1.82, 2.24) is 20.6 Å². The lowest BCUT2D eigenvalue weighted by molar-refractivity contribution is 0.0913. The van der Waals surface area contributed by atoms with E-state index in [0.717, 1.165) is 54.9 Å². The van der Waals surface area contributed by atoms with Crippen molar-refractivity contribution in [3.63, 3.8) is 0 Å². The van der Waals surface area contributed by atoms with Crippen LogP contribution in [0.3, 0.4) is 0 Å². The van der Waals surface area contributed by atoms with E-state index in [9.17, 15) is 4.79 Å². The summed E-state index contributed by atoms with van der Waals surface area (Å²) >= 11 is 6.26. The molecule has 6 heteroatoms. The monoisotopic (exact) mass is 530 g/mol. The zero-order valence-electron chi connectivity index (χ0n) is 23.5. The van der Waals surface area contributed by atoms with Gasteiger partial charge in [0, 0.05) is 28.5 Å². The lowest BCUT2D eigenvalue weighted by Crippen LogP contribution is -2.41. The van der Waals surface area contributed by atoms with Gasteiger partial charge in [0.15, 0.2) is 0 Å². The average molecular weight is 531 g/mol. The van der Waals surface area contributed by atoms with Gasteiger partial charge in [-0.1, -0.05) is 35.4 Å². The second-order valence-corrected chi connectivity index (χ2v) is 11.9. The topological polar surface area (TPSA) is 66.9 Å². The molecule has 0 atom stereocenters. The standard InChI is InChI=1S/C20H21ClN2.C12H18N2O/c1-13-10-16-3-2-15-11-17(21)4-5-18(15)19(20(16)23-12-13)14-6-8-22-9-7-14;1-8-6-9(2)10(13-7-8)11(15)14-12(3,4)5/h4-5,10-12,22H,2-3,6-9H2,1H3;6-7H,1-5H3,(H,14,15). The zero-order valence-corrected chi connectivity index (χ0v) is 24.2. The highest BCUT2D eigenvalue weighted by Gasteiger charge is 2.24. The summed E-state index contributed by atoms with van der Waals surface area (Å²) in [5.41, 5.74) is 11.7. The first kappa shape index (κ1) is 28.0. The van der Waals surface area contributed by atoms with Crippen LogP contribution in [0.2, 0.25) is 5.02 Å². The van der Waals surface area contributed by atoms with Crippen molar-refractivity contribution >= 4 is 23.1 Å². The molecule has 0 spiro atoms. The van der Waals surface area contributed by atoms with Crippen LogP contribution in [0.1, 0.15) is 83.2 Å². The van der Waals surface area contributed by atoms with Crippen LogP contribution < -0.4 is 10.6 Å². The third-order valence-corrected chi connectivity index (χ3v) is 7.05. The summed E-state index contributed by atoms with van der Waals surface area (Å²) in [4.78, 5) is 20.8. The summed E-state index contributed by atoms with van der Waals surface area (Å²) in [5, 5.41) is 7.18. The molecule has 1 saturated heterocycles. The predicted molar refractivity (Wildman–Crippen MR) is 157 cm³/mol. The molecule has 1 aromatic carbocycles. The first-order valence-electron chi connectivity index (χ1n) is 13.4. The Hall–Kier alpha value is -3.02. The van der Waals surface area contributed by atoms with Crippen LogP contribution in [0, 0.1) is 20.8 Å². The van der Waals surface area contributed by atoms with Gasteiger partial charge in [0.2, 0.25) is 0 Å². The van der Waals surface area contributed by atoms with Gasteiger partial charge in [0.05, 0.1) is 5.69 Å². The maximum atomic E-state index is 11.8. The fraction of sp³-hybridized carbons (Fsp3) is 0.406. The maximum Gasteiger partial charge on any atom is 0.270 e. The highest BCUT2D eigenvalue weighted by molar-refractivity contribution is 6.30. The molecular formula is C32H39ClN4O. The molecule has 2 aromatic heterocycles. The van der Waals surface area contributed by atoms with Crippen molar-refractivity contribution in [3.05, 3.63) is 98.1 Å². The maximum absolute atomic E-state index is 11.8. The molecule has 1 fully saturated rings. The third-order valence-electron chi connectivity index (χ3n) is 6.82. The third kappa shape index (κ3) is 6.89. The first-order valence-corrected chi connectivity index (χ1v) is 13.8. The van der Waals surface area contributed by atoms with Gasteiger partial charge in [-0.15, -0.1) is 0 Å². The minimum Gasteiger partial charge on any atom is -0.346 e. The van der Waals surface area contributed by atoms with E-state index >= 15 is 0 Å². The molecule has 1 aliphatic carbocycles. The second kappa shape index (κ2) is 11.8. The van der Waals surface area contributed by atoms with Crippen molar-refractivity contribution < 1.29 is 4.79 Å². The fourth-order valence-corrected chi connectivity index (χ4v) is 5.34. The van der Waals surface area contributed by atoms with E-state index in [4.69, 9.17) is 16.6 Å². The van der Waals surface area contributed by atoms with Crippen molar-refractivity contribution in [2.24, 2.45) is 0 Å². The summed E-state index contributed by atoms with van der Waals surface area (Å²) in [6.07, 6.45) is 7.99. The number of nitrogens with one attached hydrogen (secondary N) is 2. The van der Waals surface area contributed by atoms with Gasteiger partial charge >= 0.3 is 0 Å². The van der Waals surface area contributed by atoms with Crippen molar-refractivity contribution in [2.45, 2.75) is 72.8 Å². The molecule has 0 radical (unpaired) electrons. The van der Waals surface area contributed by atoms with Crippen LogP contribution in [0.5, 0.6) is 0 Å². The molecular weight excluding hydrogens is 492 g/mol. The number of fused-ring (bicyclic) bond motifs is 2. The van der Waals surface area contributed by atoms with E-state index in [1.54, 1.807) is 6.20 Å². The molecule has 3 aromatic rings. The molecule has 5 nitrogen and oxygen atoms in total. The van der Waals surface area contributed by atoms with Crippen LogP contribution in [-0.4, -0.2) is 34.5 Å². The van der Waals surface area contributed by atoms with Gasteiger partial charge in [-0.25, -0.2) is 0 Å². The molecule has 3 heterocycles. The lowest BCUT2D eigenvalue weighted by atomic mass is 9.89. The number of amides is 1. The summed E-state index contributed by atoms with van der Waals surface area (Å²) in [5.74, 6) is -0.111. The Kier molecular flexibility index (Phi) is 8.69. The number of piperidine rings is 1. The lowest BCUT2D eigenvalue weighted by Gasteiger charge is -2.22. The van der Waals surface area contributed by atoms with E-state index < -0.39 is 0 Å². The van der Waals surface area contributed by atoms with Gasteiger partial charge < -0.3 is 10.6 Å². The van der Waals surface area contributed by atoms with E-state index in [2.05, 4.69) is 40.7 Å². The minimum atomic E-state index is -0.226. The Morgan fingerprint density at radius 1 is 0.895 bits per heavy atom. The summed E-state index contributed by atoms with van der Waals surface area (Å²) in [6.45, 7) is 14.0. The number of hydrogen-bond acceptors (Lipinski definition) is 4. The Labute approximate surface area is 232 Å². The van der Waals surface area contributed by atoms with Gasteiger partial charge in [-0.05, 0) is 126 Å². The van der Waals surface area contributed by atoms with E-state index in [1.807, 2.05) is 52.9 Å². The number of aryl methyl sites for hydroxylation is 5. The SMILES string of the molecule is Cc1cnc(C(=O)NC(C)(C)C)c(C)c1.Cc1cnc2c(c1)CCc1cc(Cl)ccc1C2=C1CCNCC1. The molecule has 200 valence electrons. The molecule has 5 rings (SSSR count). The predicted octanol–water partition coefficient (Wildman–Crippen LogP) is 6.55. The van der Waals surface area contributed by atoms with E-state index in [0.29, 0.717) is 5.69 Å². The molecule has 1 aliphatic heterocycles. The number of nitrogens with zero attached hydrogens (tertiary/aromatic N) is 2. The Morgan fingerprint density at radius 2 is 1.55 bits per heavy atom. The quantitative estimate of drug-likeness (QED) is 0.374. The summed E-state index contributed by atoms with van der Waals surface area (Å²) in [7, 11) is 0. The number of halogens is 1. The highest BCUT2D eigenvalue weighted by atomic mass is 35.5. The number of rotatable bonds is 1. The van der Waals surface area contributed by atoms with Gasteiger partial charge in [-0.3, -0.25) is 14.8 Å². The highest BCUT2D eigenvalue weighted by Crippen LogP contribution is 2.38. The molecule has 2 N–H and O–H groups in total. The van der Waals surface area contributed by atoms with E-state index in [1.165, 1.54) is 39.1 Å². The van der Waals surface area contributed by atoms with Crippen molar-refractivity contribution in [2.75, 3.05) is 13.1 Å². The number of hydrogen-bond donors (Lipinski definition) is 2. The van der Waals surface area contributed by atoms with Crippen LogP contribution in [0.25, 0.3) is 5.57 Å². The molecule has 38 heavy (non-hydrogen) atoms. The number of carbonyl (C=O) groups excluding carboxylic acids is 1. The zero-order chi connectivity index (χ0) is 27.4. The van der Waals surface area contributed by atoms with Crippen molar-refractivity contribution in [3.8, 4) is 0 Å². The normalized spacial score (nSPS) is 15.0. The average Bonchev–Trinajstić information content (AvgIpc) is 3.00. The molecule has 2 aliphatic rings. The summed E-state index contributed by atoms with van der Waals surface area (Å²) in [6, 6.07) is 10.6. The molecule has 0 unspecified atom stereocenters. The number of pyridine rings is 2. The second-order valence-electron chi connectivity index (χ2n) is 11.4. The minimum absolute atomic E-state index is 0.111. The Balaban J connectivity index is 0.000000196. The van der Waals surface area contributed by atoms with Crippen molar-refractivity contribution in [1.29, 1.82) is 0 Å². The largest absolute Gasteiger partial charge is 0.346 e. The Morgan fingerprint density at radius 3 is 2.24 bits per heavy atom. The fourth-order valence-electron chi connectivity index (χ4n) is 5.14. The first-order chi connectivity index (χ1) is 18.0. The van der Waals surface area contributed by atoms with Gasteiger partial charge in [0.1, 0.15) is 5.69 Å². The number of carbonyl (C=O) groups is 1. The van der Waals surface area contributed by atoms with Crippen LogP contribution >= 0.6 is 11.6 Å².